The maximum absolute atomic E-state index is 10.3. The van der Waals surface area contributed by atoms with Crippen molar-refractivity contribution in [3.63, 3.8) is 0 Å². The van der Waals surface area contributed by atoms with E-state index in [0.717, 1.165) is 50.3 Å². The molecule has 1 fully saturated rings. The summed E-state index contributed by atoms with van der Waals surface area (Å²) in [5.74, 6) is 1.17. The van der Waals surface area contributed by atoms with E-state index in [-0.39, 0.29) is 0 Å². The largest absolute Gasteiger partial charge is 0.508 e. The van der Waals surface area contributed by atoms with Crippen molar-refractivity contribution >= 4 is 16.8 Å². The Kier molecular flexibility index (Phi) is 6.34. The Morgan fingerprint density at radius 3 is 2.12 bits per heavy atom. The lowest BCUT2D eigenvalue weighted by Gasteiger charge is -2.38. The van der Waals surface area contributed by atoms with E-state index in [0.29, 0.717) is 11.8 Å². The molecule has 3 aromatic carbocycles. The lowest BCUT2D eigenvalue weighted by atomic mass is 9.79. The highest BCUT2D eigenvalue weighted by Gasteiger charge is 2.23. The maximum atomic E-state index is 10.3. The highest BCUT2D eigenvalue weighted by Crippen LogP contribution is 2.42. The molecular formula is C30H34N2O2. The van der Waals surface area contributed by atoms with Crippen molar-refractivity contribution < 1.29 is 9.84 Å². The fraction of sp³-hybridized carbons (Fsp3) is 0.333. The summed E-state index contributed by atoms with van der Waals surface area (Å²) >= 11 is 0. The van der Waals surface area contributed by atoms with Gasteiger partial charge in [-0.05, 0) is 96.5 Å². The van der Waals surface area contributed by atoms with Crippen molar-refractivity contribution in [2.75, 3.05) is 38.2 Å². The van der Waals surface area contributed by atoms with Gasteiger partial charge in [-0.1, -0.05) is 30.3 Å². The van der Waals surface area contributed by atoms with Crippen molar-refractivity contribution in [2.24, 2.45) is 0 Å². The van der Waals surface area contributed by atoms with Gasteiger partial charge in [0.1, 0.15) is 11.5 Å². The third-order valence-corrected chi connectivity index (χ3v) is 7.31. The first-order chi connectivity index (χ1) is 16.5. The van der Waals surface area contributed by atoms with Gasteiger partial charge in [-0.15, -0.1) is 0 Å². The minimum atomic E-state index is 0.312. The summed E-state index contributed by atoms with van der Waals surface area (Å²) in [4.78, 5) is 5.03. The number of piperazine rings is 1. The van der Waals surface area contributed by atoms with Crippen molar-refractivity contribution in [3.8, 4) is 11.5 Å². The Balaban J connectivity index is 1.52. The SMILES string of the molecule is COc1ccc(C2=C(c3ccc(N4CCN(C(C)C)CC4)cc3)c3cc(O)ccc3CC2)cc1. The average Bonchev–Trinajstić information content (AvgIpc) is 2.88. The Bertz CT molecular complexity index is 1170. The summed E-state index contributed by atoms with van der Waals surface area (Å²) in [5, 5.41) is 10.3. The van der Waals surface area contributed by atoms with E-state index in [1.54, 1.807) is 13.2 Å². The number of nitrogens with zero attached hydrogens (tertiary/aromatic N) is 2. The molecule has 0 radical (unpaired) electrons. The lowest BCUT2D eigenvalue weighted by Crippen LogP contribution is -2.48. The van der Waals surface area contributed by atoms with Gasteiger partial charge in [0.25, 0.3) is 0 Å². The molecule has 176 valence electrons. The van der Waals surface area contributed by atoms with Crippen LogP contribution in [0.15, 0.2) is 66.7 Å². The van der Waals surface area contributed by atoms with Crippen LogP contribution in [-0.4, -0.2) is 49.3 Å². The van der Waals surface area contributed by atoms with Crippen molar-refractivity contribution in [1.29, 1.82) is 0 Å². The van der Waals surface area contributed by atoms with Crippen LogP contribution in [0.25, 0.3) is 11.1 Å². The van der Waals surface area contributed by atoms with E-state index >= 15 is 0 Å². The number of hydrogen-bond acceptors (Lipinski definition) is 4. The molecule has 0 bridgehead atoms. The summed E-state index contributed by atoms with van der Waals surface area (Å²) < 4.78 is 5.37. The van der Waals surface area contributed by atoms with Crippen LogP contribution < -0.4 is 9.64 Å². The molecule has 1 heterocycles. The average molecular weight is 455 g/mol. The zero-order chi connectivity index (χ0) is 23.7. The molecular weight excluding hydrogens is 420 g/mol. The molecule has 0 saturated carbocycles. The molecule has 0 atom stereocenters. The Morgan fingerprint density at radius 2 is 1.47 bits per heavy atom. The zero-order valence-corrected chi connectivity index (χ0v) is 20.4. The molecule has 4 heteroatoms. The van der Waals surface area contributed by atoms with Crippen LogP contribution in [0.4, 0.5) is 5.69 Å². The monoisotopic (exact) mass is 454 g/mol. The quantitative estimate of drug-likeness (QED) is 0.526. The third kappa shape index (κ3) is 4.43. The van der Waals surface area contributed by atoms with Crippen LogP contribution in [-0.2, 0) is 6.42 Å². The smallest absolute Gasteiger partial charge is 0.118 e. The Hall–Kier alpha value is -3.24. The number of anilines is 1. The number of allylic oxidation sites excluding steroid dienone is 1. The number of aryl methyl sites for hydroxylation is 1. The summed E-state index contributed by atoms with van der Waals surface area (Å²) in [6, 6.07) is 23.8. The minimum Gasteiger partial charge on any atom is -0.508 e. The van der Waals surface area contributed by atoms with Crippen molar-refractivity contribution in [2.45, 2.75) is 32.7 Å². The predicted octanol–water partition coefficient (Wildman–Crippen LogP) is 5.84. The van der Waals surface area contributed by atoms with Gasteiger partial charge in [-0.2, -0.15) is 0 Å². The van der Waals surface area contributed by atoms with Crippen LogP contribution in [0.1, 0.15) is 42.5 Å². The van der Waals surface area contributed by atoms with Crippen molar-refractivity contribution in [3.05, 3.63) is 89.0 Å². The number of aromatic hydroxyl groups is 1. The molecule has 0 amide bonds. The fourth-order valence-electron chi connectivity index (χ4n) is 5.31. The number of rotatable bonds is 5. The van der Waals surface area contributed by atoms with Gasteiger partial charge in [0.05, 0.1) is 7.11 Å². The van der Waals surface area contributed by atoms with Gasteiger partial charge in [0, 0.05) is 37.9 Å². The van der Waals surface area contributed by atoms with Crippen LogP contribution in [0.3, 0.4) is 0 Å². The molecule has 1 aliphatic heterocycles. The molecule has 3 aromatic rings. The van der Waals surface area contributed by atoms with Crippen LogP contribution in [0.5, 0.6) is 11.5 Å². The molecule has 0 unspecified atom stereocenters. The van der Waals surface area contributed by atoms with E-state index in [2.05, 4.69) is 66.1 Å². The van der Waals surface area contributed by atoms with Crippen LogP contribution >= 0.6 is 0 Å². The Labute approximate surface area is 203 Å². The first-order valence-electron chi connectivity index (χ1n) is 12.3. The predicted molar refractivity (Wildman–Crippen MR) is 141 cm³/mol. The fourth-order valence-corrected chi connectivity index (χ4v) is 5.31. The summed E-state index contributed by atoms with van der Waals surface area (Å²) in [6.45, 7) is 8.90. The van der Waals surface area contributed by atoms with Gasteiger partial charge in [0.15, 0.2) is 0 Å². The van der Waals surface area contributed by atoms with E-state index in [4.69, 9.17) is 4.74 Å². The number of benzene rings is 3. The topological polar surface area (TPSA) is 35.9 Å². The van der Waals surface area contributed by atoms with Crippen LogP contribution in [0, 0.1) is 0 Å². The number of hydrogen-bond donors (Lipinski definition) is 1. The number of fused-ring (bicyclic) bond motifs is 1. The van der Waals surface area contributed by atoms with Gasteiger partial charge in [0.2, 0.25) is 0 Å². The van der Waals surface area contributed by atoms with E-state index in [9.17, 15) is 5.11 Å². The third-order valence-electron chi connectivity index (χ3n) is 7.31. The second-order valence-electron chi connectivity index (χ2n) is 9.59. The molecule has 34 heavy (non-hydrogen) atoms. The maximum Gasteiger partial charge on any atom is 0.118 e. The molecule has 1 saturated heterocycles. The molecule has 5 rings (SSSR count). The number of ether oxygens (including phenoxy) is 1. The van der Waals surface area contributed by atoms with Gasteiger partial charge < -0.3 is 14.7 Å². The van der Waals surface area contributed by atoms with Crippen molar-refractivity contribution in [1.82, 2.24) is 4.90 Å². The highest BCUT2D eigenvalue weighted by atomic mass is 16.5. The highest BCUT2D eigenvalue weighted by molar-refractivity contribution is 6.01. The number of methoxy groups -OCH3 is 1. The number of phenols is 1. The molecule has 0 aromatic heterocycles. The van der Waals surface area contributed by atoms with E-state index < -0.39 is 0 Å². The van der Waals surface area contributed by atoms with Gasteiger partial charge >= 0.3 is 0 Å². The zero-order valence-electron chi connectivity index (χ0n) is 20.4. The molecule has 1 N–H and O–H groups in total. The van der Waals surface area contributed by atoms with Crippen LogP contribution in [0.2, 0.25) is 0 Å². The summed E-state index contributed by atoms with van der Waals surface area (Å²) in [7, 11) is 1.70. The molecule has 0 spiro atoms. The molecule has 4 nitrogen and oxygen atoms in total. The second-order valence-corrected chi connectivity index (χ2v) is 9.59. The molecule has 1 aliphatic carbocycles. The first-order valence-corrected chi connectivity index (χ1v) is 12.3. The van der Waals surface area contributed by atoms with E-state index in [1.807, 2.05) is 18.2 Å². The first kappa shape index (κ1) is 22.5. The van der Waals surface area contributed by atoms with E-state index in [1.165, 1.54) is 33.5 Å². The normalized spacial score (nSPS) is 16.6. The summed E-state index contributed by atoms with van der Waals surface area (Å²) in [5.41, 5.74) is 8.65. The Morgan fingerprint density at radius 1 is 0.794 bits per heavy atom. The second kappa shape index (κ2) is 9.55. The number of phenolic OH excluding ortho intramolecular Hbond substituents is 1. The summed E-state index contributed by atoms with van der Waals surface area (Å²) in [6.07, 6.45) is 1.94. The molecule has 2 aliphatic rings. The van der Waals surface area contributed by atoms with Gasteiger partial charge in [-0.3, -0.25) is 4.90 Å². The standard InChI is InChI=1S/C30H34N2O2/c1-21(2)31-16-18-32(19-17-31)25-10-4-24(5-11-25)30-28(22-7-13-27(34-3)14-8-22)15-9-23-6-12-26(33)20-29(23)30/h4-8,10-14,20-21,33H,9,15-19H2,1-3H3. The lowest BCUT2D eigenvalue weighted by molar-refractivity contribution is 0.209. The van der Waals surface area contributed by atoms with Gasteiger partial charge in [-0.25, -0.2) is 0 Å². The minimum absolute atomic E-state index is 0.312.